The van der Waals surface area contributed by atoms with Gasteiger partial charge in [0.25, 0.3) is 11.7 Å². The van der Waals surface area contributed by atoms with Gasteiger partial charge in [0.2, 0.25) is 15.9 Å². The Hall–Kier alpha value is -3.97. The Kier molecular flexibility index (Phi) is 13.6. The van der Waals surface area contributed by atoms with Crippen molar-refractivity contribution < 1.29 is 62.6 Å². The third-order valence-corrected chi connectivity index (χ3v) is 8.31. The molecule has 2 aromatic rings. The maximum Gasteiger partial charge on any atom is 0.367 e. The minimum Gasteiger partial charge on any atom is -0.481 e. The van der Waals surface area contributed by atoms with E-state index in [1.807, 2.05) is 30.3 Å². The molecular weight excluding hydrogens is 654 g/mol. The number of ether oxygens (including phenoxy) is 2. The molecule has 1 heterocycles. The lowest BCUT2D eigenvalue weighted by Gasteiger charge is -2.50. The Morgan fingerprint density at radius 3 is 2.12 bits per heavy atom. The van der Waals surface area contributed by atoms with E-state index in [9.17, 15) is 48.0 Å². The van der Waals surface area contributed by atoms with Crippen molar-refractivity contribution in [2.45, 2.75) is 74.9 Å². The van der Waals surface area contributed by atoms with E-state index in [0.717, 1.165) is 18.1 Å². The second kappa shape index (κ2) is 16.9. The van der Waals surface area contributed by atoms with E-state index in [-0.39, 0.29) is 31.2 Å². The first kappa shape index (κ1) is 38.5. The van der Waals surface area contributed by atoms with Gasteiger partial charge in [-0.25, -0.2) is 17.9 Å². The summed E-state index contributed by atoms with van der Waals surface area (Å²) in [6.45, 7) is 0.0495. The summed E-state index contributed by atoms with van der Waals surface area (Å²) in [5.74, 6) is -7.37. The van der Waals surface area contributed by atoms with Crippen LogP contribution in [0.15, 0.2) is 54.6 Å². The second-order valence-electron chi connectivity index (χ2n) is 11.4. The first-order valence-electron chi connectivity index (χ1n) is 15.0. The quantitative estimate of drug-likeness (QED) is 0.0966. The van der Waals surface area contributed by atoms with Crippen LogP contribution >= 0.6 is 0 Å². The van der Waals surface area contributed by atoms with E-state index in [4.69, 9.17) is 14.6 Å². The number of carbonyl (C=O) groups excluding carboxylic acids is 2. The number of amides is 2. The van der Waals surface area contributed by atoms with Gasteiger partial charge in [0.1, 0.15) is 18.3 Å². The molecule has 17 heteroatoms. The zero-order chi connectivity index (χ0) is 35.6. The van der Waals surface area contributed by atoms with Crippen molar-refractivity contribution >= 4 is 33.8 Å². The van der Waals surface area contributed by atoms with E-state index < -0.39 is 89.2 Å². The molecule has 1 fully saturated rings. The minimum atomic E-state index is -4.21. The lowest BCUT2D eigenvalue weighted by Crippen LogP contribution is -2.77. The fraction of sp³-hybridized carbons (Fsp3) is 0.484. The van der Waals surface area contributed by atoms with Gasteiger partial charge in [-0.3, -0.25) is 14.4 Å². The zero-order valence-electron chi connectivity index (χ0n) is 26.3. The van der Waals surface area contributed by atoms with Gasteiger partial charge in [0.05, 0.1) is 31.1 Å². The van der Waals surface area contributed by atoms with Gasteiger partial charge < -0.3 is 45.6 Å². The number of sulfonamides is 1. The van der Waals surface area contributed by atoms with Crippen molar-refractivity contribution in [1.82, 2.24) is 15.4 Å². The molecule has 1 aliphatic heterocycles. The molecule has 2 amide bonds. The molecule has 48 heavy (non-hydrogen) atoms. The van der Waals surface area contributed by atoms with Crippen LogP contribution in [0.5, 0.6) is 0 Å². The van der Waals surface area contributed by atoms with Crippen molar-refractivity contribution in [3.63, 3.8) is 0 Å². The SMILES string of the molecule is CC(=O)N[C@@H]1[C@@H](NS(C)(=O)=O)[C@H](O)[C@](OCCCCCC(=O)O)(C(=O)O)O[C@H]1[C@H](O)[C@H](O)CNC(=O)c1ccc(-c2ccccc2)cc1. The average molecular weight is 696 g/mol. The van der Waals surface area contributed by atoms with Crippen LogP contribution < -0.4 is 15.4 Å². The van der Waals surface area contributed by atoms with Crippen molar-refractivity contribution in [1.29, 1.82) is 0 Å². The molecule has 7 atom stereocenters. The minimum absolute atomic E-state index is 0.117. The highest BCUT2D eigenvalue weighted by Crippen LogP contribution is 2.34. The molecule has 0 radical (unpaired) electrons. The molecule has 0 spiro atoms. The van der Waals surface area contributed by atoms with Gasteiger partial charge in [0, 0.05) is 25.5 Å². The average Bonchev–Trinajstić information content (AvgIpc) is 3.03. The number of unbranched alkanes of at least 4 members (excludes halogenated alkanes) is 2. The molecule has 0 aromatic heterocycles. The van der Waals surface area contributed by atoms with Gasteiger partial charge in [-0.15, -0.1) is 0 Å². The van der Waals surface area contributed by atoms with Crippen molar-refractivity contribution in [2.75, 3.05) is 19.4 Å². The fourth-order valence-corrected chi connectivity index (χ4v) is 6.05. The number of aliphatic hydroxyl groups excluding tert-OH is 3. The Balaban J connectivity index is 1.83. The molecule has 0 bridgehead atoms. The van der Waals surface area contributed by atoms with Crippen molar-refractivity contribution in [3.8, 4) is 11.1 Å². The van der Waals surface area contributed by atoms with E-state index in [0.29, 0.717) is 6.26 Å². The van der Waals surface area contributed by atoms with Crippen LogP contribution in [0.4, 0.5) is 0 Å². The highest BCUT2D eigenvalue weighted by molar-refractivity contribution is 7.88. The maximum absolute atomic E-state index is 12.8. The topological polar surface area (TPSA) is 258 Å². The summed E-state index contributed by atoms with van der Waals surface area (Å²) in [6.07, 6.45) is -6.97. The van der Waals surface area contributed by atoms with Crippen molar-refractivity contribution in [3.05, 3.63) is 60.2 Å². The lowest BCUT2D eigenvalue weighted by molar-refractivity contribution is -0.332. The lowest BCUT2D eigenvalue weighted by atomic mass is 9.85. The number of nitrogens with one attached hydrogen (secondary N) is 3. The van der Waals surface area contributed by atoms with Gasteiger partial charge in [-0.1, -0.05) is 48.9 Å². The third-order valence-electron chi connectivity index (χ3n) is 7.61. The van der Waals surface area contributed by atoms with Gasteiger partial charge in [-0.2, -0.15) is 0 Å². The van der Waals surface area contributed by atoms with Crippen LogP contribution in [0.1, 0.15) is 43.0 Å². The Morgan fingerprint density at radius 2 is 1.56 bits per heavy atom. The number of carboxylic acid groups (broad SMARTS) is 2. The van der Waals surface area contributed by atoms with E-state index in [1.54, 1.807) is 24.3 Å². The molecule has 1 saturated heterocycles. The van der Waals surface area contributed by atoms with Crippen LogP contribution in [0.25, 0.3) is 11.1 Å². The van der Waals surface area contributed by atoms with Crippen LogP contribution in [0.2, 0.25) is 0 Å². The largest absolute Gasteiger partial charge is 0.481 e. The summed E-state index contributed by atoms with van der Waals surface area (Å²) >= 11 is 0. The van der Waals surface area contributed by atoms with Crippen LogP contribution in [-0.2, 0) is 33.9 Å². The summed E-state index contributed by atoms with van der Waals surface area (Å²) in [4.78, 5) is 48.4. The molecule has 3 rings (SSSR count). The number of aliphatic carboxylic acids is 2. The van der Waals surface area contributed by atoms with Gasteiger partial charge in [0.15, 0.2) is 0 Å². The molecule has 264 valence electrons. The molecule has 16 nitrogen and oxygen atoms in total. The number of carbonyl (C=O) groups is 4. The predicted octanol–water partition coefficient (Wildman–Crippen LogP) is -0.570. The standard InChI is InChI=1S/C31H41N3O13S/c1-18(35)33-24-25(34-48(2,44)45)28(40)31(30(42)43,46-16-8-4-7-11-23(37)38)47-27(24)26(39)22(36)17-32-29(41)21-14-12-20(13-15-21)19-9-5-3-6-10-19/h3,5-6,9-10,12-15,22,24-28,34,36,39-40H,4,7-8,11,16-17H2,1-2H3,(H,32,41)(H,33,35)(H,37,38)(H,42,43)/t22-,24-,25-,26-,27-,28+,31-/m1/s1. The Morgan fingerprint density at radius 1 is 0.938 bits per heavy atom. The number of rotatable bonds is 17. The molecule has 1 aliphatic rings. The molecule has 0 aliphatic carbocycles. The number of benzene rings is 2. The molecule has 2 aromatic carbocycles. The van der Waals surface area contributed by atoms with Gasteiger partial charge in [-0.05, 0) is 36.1 Å². The number of hydrogen-bond acceptors (Lipinski definition) is 11. The van der Waals surface area contributed by atoms with E-state index >= 15 is 0 Å². The Labute approximate surface area is 277 Å². The molecule has 0 saturated carbocycles. The summed E-state index contributed by atoms with van der Waals surface area (Å²) in [5.41, 5.74) is 2.01. The first-order chi connectivity index (χ1) is 22.6. The summed E-state index contributed by atoms with van der Waals surface area (Å²) in [6, 6.07) is 12.5. The van der Waals surface area contributed by atoms with Crippen LogP contribution in [-0.4, -0.2) is 119 Å². The molecule has 8 N–H and O–H groups in total. The van der Waals surface area contributed by atoms with Crippen LogP contribution in [0, 0.1) is 0 Å². The number of hydrogen-bond donors (Lipinski definition) is 8. The first-order valence-corrected chi connectivity index (χ1v) is 16.9. The highest BCUT2D eigenvalue weighted by atomic mass is 32.2. The summed E-state index contributed by atoms with van der Waals surface area (Å²) in [5, 5.41) is 57.2. The van der Waals surface area contributed by atoms with E-state index in [1.165, 1.54) is 0 Å². The third kappa shape index (κ3) is 10.3. The smallest absolute Gasteiger partial charge is 0.367 e. The summed E-state index contributed by atoms with van der Waals surface area (Å²) in [7, 11) is -4.21. The summed E-state index contributed by atoms with van der Waals surface area (Å²) < 4.78 is 37.8. The fourth-order valence-electron chi connectivity index (χ4n) is 5.28. The highest BCUT2D eigenvalue weighted by Gasteiger charge is 2.62. The maximum atomic E-state index is 12.8. The Bertz CT molecular complexity index is 1520. The number of carboxylic acids is 2. The molecule has 0 unspecified atom stereocenters. The van der Waals surface area contributed by atoms with Crippen LogP contribution in [0.3, 0.4) is 0 Å². The number of aliphatic hydroxyl groups is 3. The second-order valence-corrected chi connectivity index (χ2v) is 13.2. The monoisotopic (exact) mass is 695 g/mol. The normalized spacial score (nSPS) is 23.9. The van der Waals surface area contributed by atoms with E-state index in [2.05, 4.69) is 15.4 Å². The van der Waals surface area contributed by atoms with Gasteiger partial charge >= 0.3 is 11.9 Å². The predicted molar refractivity (Wildman–Crippen MR) is 169 cm³/mol. The van der Waals surface area contributed by atoms with Crippen molar-refractivity contribution in [2.24, 2.45) is 0 Å². The zero-order valence-corrected chi connectivity index (χ0v) is 27.1. The molecular formula is C31H41N3O13S.